The molecule has 0 unspecified atom stereocenters. The third-order valence-corrected chi connectivity index (χ3v) is 4.92. The number of H-pyrrole nitrogens is 1. The Labute approximate surface area is 173 Å². The van der Waals surface area contributed by atoms with Crippen LogP contribution in [0.5, 0.6) is 17.2 Å². The lowest BCUT2D eigenvalue weighted by Gasteiger charge is -2.14. The number of methoxy groups -OCH3 is 3. The summed E-state index contributed by atoms with van der Waals surface area (Å²) in [5.41, 5.74) is 3.60. The van der Waals surface area contributed by atoms with E-state index >= 15 is 0 Å². The molecule has 7 nitrogen and oxygen atoms in total. The molecule has 0 aliphatic rings. The molecule has 29 heavy (non-hydrogen) atoms. The molecule has 0 radical (unpaired) electrons. The lowest BCUT2D eigenvalue weighted by atomic mass is 10.1. The molecule has 0 bridgehead atoms. The van der Waals surface area contributed by atoms with Gasteiger partial charge in [-0.3, -0.25) is 4.99 Å². The highest BCUT2D eigenvalue weighted by atomic mass is 32.1. The van der Waals surface area contributed by atoms with E-state index in [1.165, 1.54) is 11.3 Å². The van der Waals surface area contributed by atoms with E-state index in [2.05, 4.69) is 21.7 Å². The summed E-state index contributed by atoms with van der Waals surface area (Å²) in [7, 11) is 4.78. The Morgan fingerprint density at radius 2 is 1.93 bits per heavy atom. The van der Waals surface area contributed by atoms with Crippen molar-refractivity contribution in [3.63, 3.8) is 0 Å². The fourth-order valence-electron chi connectivity index (χ4n) is 2.69. The van der Waals surface area contributed by atoms with Crippen molar-refractivity contribution in [2.24, 2.45) is 10.1 Å². The van der Waals surface area contributed by atoms with Crippen molar-refractivity contribution in [1.82, 2.24) is 9.66 Å². The van der Waals surface area contributed by atoms with Crippen LogP contribution in [0, 0.1) is 0 Å². The van der Waals surface area contributed by atoms with Gasteiger partial charge in [-0.15, -0.1) is 11.3 Å². The Balaban J connectivity index is 2.16. The average molecular weight is 413 g/mol. The fourth-order valence-corrected chi connectivity index (χ4v) is 3.53. The normalized spacial score (nSPS) is 11.8. The topological polar surface area (TPSA) is 73.1 Å². The van der Waals surface area contributed by atoms with E-state index in [0.29, 0.717) is 23.8 Å². The van der Waals surface area contributed by atoms with Crippen LogP contribution < -0.4 is 19.0 Å². The van der Waals surface area contributed by atoms with Crippen molar-refractivity contribution in [3.8, 4) is 28.5 Å². The van der Waals surface area contributed by atoms with Crippen molar-refractivity contribution in [2.75, 3.05) is 27.9 Å². The maximum atomic E-state index is 5.50. The third kappa shape index (κ3) is 4.60. The molecule has 0 spiro atoms. The van der Waals surface area contributed by atoms with Crippen molar-refractivity contribution in [1.29, 1.82) is 0 Å². The number of hydrogen-bond donors (Lipinski definition) is 1. The lowest BCUT2D eigenvalue weighted by Crippen LogP contribution is -2.13. The van der Waals surface area contributed by atoms with Gasteiger partial charge in [0.15, 0.2) is 11.5 Å². The van der Waals surface area contributed by atoms with Gasteiger partial charge in [0.25, 0.3) is 0 Å². The molecule has 0 saturated heterocycles. The summed E-state index contributed by atoms with van der Waals surface area (Å²) in [5.74, 6) is 1.70. The van der Waals surface area contributed by atoms with Crippen LogP contribution >= 0.6 is 11.3 Å². The number of aromatic amines is 1. The molecule has 152 valence electrons. The quantitative estimate of drug-likeness (QED) is 0.450. The number of ether oxygens (including phenoxy) is 3. The van der Waals surface area contributed by atoms with E-state index in [1.807, 2.05) is 42.8 Å². The standard InChI is InChI=1S/C21H24N4O3S/c1-14(2)11-23-21-25(24-12-16-7-6-8-22-16)17(13-29-21)15-9-18(26-3)20(28-5)19(10-15)27-4/h6-10,12-13,22H,1,11H2,2-5H3. The van der Waals surface area contributed by atoms with Crippen molar-refractivity contribution >= 4 is 17.6 Å². The molecule has 0 atom stereocenters. The summed E-state index contributed by atoms with van der Waals surface area (Å²) < 4.78 is 18.2. The second-order valence-corrected chi connectivity index (χ2v) is 7.11. The van der Waals surface area contributed by atoms with Crippen LogP contribution in [0.1, 0.15) is 12.6 Å². The highest BCUT2D eigenvalue weighted by Gasteiger charge is 2.17. The van der Waals surface area contributed by atoms with Gasteiger partial charge < -0.3 is 19.2 Å². The first-order chi connectivity index (χ1) is 14.1. The van der Waals surface area contributed by atoms with Gasteiger partial charge in [0.1, 0.15) is 0 Å². The number of nitrogens with one attached hydrogen (secondary N) is 1. The summed E-state index contributed by atoms with van der Waals surface area (Å²) in [5, 5.41) is 6.66. The molecule has 3 rings (SSSR count). The van der Waals surface area contributed by atoms with Gasteiger partial charge in [-0.05, 0) is 31.2 Å². The SMILES string of the molecule is C=C(C)CN=c1scc(-c2cc(OC)c(OC)c(OC)c2)n1N=Cc1ccc[nH]1. The number of hydrogen-bond acceptors (Lipinski definition) is 6. The second-order valence-electron chi connectivity index (χ2n) is 6.27. The van der Waals surface area contributed by atoms with Gasteiger partial charge in [-0.2, -0.15) is 5.10 Å². The lowest BCUT2D eigenvalue weighted by molar-refractivity contribution is 0.324. The number of rotatable bonds is 8. The first-order valence-corrected chi connectivity index (χ1v) is 9.79. The molecule has 1 N–H and O–H groups in total. The average Bonchev–Trinajstić information content (AvgIpc) is 3.38. The van der Waals surface area contributed by atoms with Crippen LogP contribution in [0.3, 0.4) is 0 Å². The smallest absolute Gasteiger partial charge is 0.206 e. The molecule has 0 amide bonds. The molecule has 2 heterocycles. The number of aromatic nitrogens is 2. The maximum absolute atomic E-state index is 5.50. The van der Waals surface area contributed by atoms with Crippen LogP contribution in [0.15, 0.2) is 58.1 Å². The van der Waals surface area contributed by atoms with E-state index < -0.39 is 0 Å². The van der Waals surface area contributed by atoms with Crippen molar-refractivity contribution in [3.05, 3.63) is 58.5 Å². The largest absolute Gasteiger partial charge is 0.493 e. The van der Waals surface area contributed by atoms with Crippen molar-refractivity contribution < 1.29 is 14.2 Å². The highest BCUT2D eigenvalue weighted by Crippen LogP contribution is 2.41. The van der Waals surface area contributed by atoms with Gasteiger partial charge in [0, 0.05) is 17.1 Å². The zero-order chi connectivity index (χ0) is 20.8. The molecular formula is C21H24N4O3S. The monoisotopic (exact) mass is 412 g/mol. The summed E-state index contributed by atoms with van der Waals surface area (Å²) in [6.07, 6.45) is 3.61. The minimum atomic E-state index is 0.535. The number of benzene rings is 1. The molecule has 0 aliphatic heterocycles. The summed E-state index contributed by atoms with van der Waals surface area (Å²) in [6.45, 7) is 6.41. The van der Waals surface area contributed by atoms with Gasteiger partial charge in [-0.1, -0.05) is 12.2 Å². The Bertz CT molecular complexity index is 1050. The summed E-state index contributed by atoms with van der Waals surface area (Å²) >= 11 is 1.51. The van der Waals surface area contributed by atoms with Crippen LogP contribution in [-0.4, -0.2) is 43.7 Å². The molecule has 0 fully saturated rings. The predicted octanol–water partition coefficient (Wildman–Crippen LogP) is 3.93. The van der Waals surface area contributed by atoms with E-state index in [1.54, 1.807) is 32.2 Å². The Kier molecular flexibility index (Phi) is 6.56. The number of thiazole rings is 1. The maximum Gasteiger partial charge on any atom is 0.206 e. The van der Waals surface area contributed by atoms with Gasteiger partial charge in [-0.25, -0.2) is 4.68 Å². The molecule has 2 aromatic heterocycles. The molecule has 3 aromatic rings. The van der Waals surface area contributed by atoms with E-state index in [0.717, 1.165) is 27.3 Å². The predicted molar refractivity (Wildman–Crippen MR) is 116 cm³/mol. The van der Waals surface area contributed by atoms with E-state index in [-0.39, 0.29) is 0 Å². The van der Waals surface area contributed by atoms with Crippen LogP contribution in [0.4, 0.5) is 0 Å². The fraction of sp³-hybridized carbons (Fsp3) is 0.238. The third-order valence-electron chi connectivity index (χ3n) is 4.06. The molecule has 0 aliphatic carbocycles. The van der Waals surface area contributed by atoms with Gasteiger partial charge >= 0.3 is 0 Å². The second kappa shape index (κ2) is 9.29. The Morgan fingerprint density at radius 3 is 2.48 bits per heavy atom. The Morgan fingerprint density at radius 1 is 1.21 bits per heavy atom. The van der Waals surface area contributed by atoms with Gasteiger partial charge in [0.2, 0.25) is 10.6 Å². The number of nitrogens with zero attached hydrogens (tertiary/aromatic N) is 3. The van der Waals surface area contributed by atoms with Crippen LogP contribution in [0.2, 0.25) is 0 Å². The minimum Gasteiger partial charge on any atom is -0.493 e. The first kappa shape index (κ1) is 20.5. The molecular weight excluding hydrogens is 388 g/mol. The Hall–Kier alpha value is -3.26. The molecule has 8 heteroatoms. The van der Waals surface area contributed by atoms with Crippen LogP contribution in [-0.2, 0) is 0 Å². The zero-order valence-corrected chi connectivity index (χ0v) is 17.7. The van der Waals surface area contributed by atoms with Crippen LogP contribution in [0.25, 0.3) is 11.3 Å². The minimum absolute atomic E-state index is 0.535. The van der Waals surface area contributed by atoms with E-state index in [4.69, 9.17) is 14.2 Å². The molecule has 1 aromatic carbocycles. The first-order valence-electron chi connectivity index (χ1n) is 8.91. The van der Waals surface area contributed by atoms with Gasteiger partial charge in [0.05, 0.1) is 45.5 Å². The van der Waals surface area contributed by atoms with Crippen molar-refractivity contribution in [2.45, 2.75) is 6.92 Å². The van der Waals surface area contributed by atoms with E-state index in [9.17, 15) is 0 Å². The molecule has 0 saturated carbocycles. The zero-order valence-electron chi connectivity index (χ0n) is 16.9. The summed E-state index contributed by atoms with van der Waals surface area (Å²) in [6, 6.07) is 7.66. The summed E-state index contributed by atoms with van der Waals surface area (Å²) in [4.78, 5) is 8.52. The highest BCUT2D eigenvalue weighted by molar-refractivity contribution is 7.07.